The van der Waals surface area contributed by atoms with Gasteiger partial charge in [-0.2, -0.15) is 0 Å². The fourth-order valence-corrected chi connectivity index (χ4v) is 4.46. The zero-order valence-electron chi connectivity index (χ0n) is 16.8. The molecule has 0 bridgehead atoms. The molecule has 8 heteroatoms. The SMILES string of the molecule is CC1(C)OCC(CN(Cc2ccc3c(c2)OCO3)C(=O)c2ccc3ncsc3c2)O1. The van der Waals surface area contributed by atoms with Crippen LogP contribution in [0.5, 0.6) is 11.5 Å². The van der Waals surface area contributed by atoms with Gasteiger partial charge >= 0.3 is 0 Å². The van der Waals surface area contributed by atoms with Crippen molar-refractivity contribution in [1.82, 2.24) is 9.88 Å². The number of benzene rings is 2. The number of hydrogen-bond donors (Lipinski definition) is 0. The van der Waals surface area contributed by atoms with Crippen LogP contribution in [0.2, 0.25) is 0 Å². The fraction of sp³-hybridized carbons (Fsp3) is 0.364. The second-order valence-electron chi connectivity index (χ2n) is 7.86. The number of hydrogen-bond acceptors (Lipinski definition) is 7. The minimum absolute atomic E-state index is 0.0590. The first-order valence-electron chi connectivity index (χ1n) is 9.80. The summed E-state index contributed by atoms with van der Waals surface area (Å²) in [4.78, 5) is 19.6. The molecule has 1 unspecified atom stereocenters. The van der Waals surface area contributed by atoms with Gasteiger partial charge in [-0.05, 0) is 49.7 Å². The normalized spacial score (nSPS) is 19.3. The van der Waals surface area contributed by atoms with Crippen molar-refractivity contribution in [2.45, 2.75) is 32.3 Å². The molecule has 1 atom stereocenters. The second kappa shape index (κ2) is 7.54. The van der Waals surface area contributed by atoms with Crippen molar-refractivity contribution < 1.29 is 23.7 Å². The molecule has 3 heterocycles. The zero-order chi connectivity index (χ0) is 20.7. The molecular formula is C22H22N2O5S. The van der Waals surface area contributed by atoms with Crippen molar-refractivity contribution in [2.75, 3.05) is 19.9 Å². The van der Waals surface area contributed by atoms with E-state index in [-0.39, 0.29) is 18.8 Å². The predicted octanol–water partition coefficient (Wildman–Crippen LogP) is 3.82. The van der Waals surface area contributed by atoms with E-state index in [1.807, 2.05) is 50.2 Å². The summed E-state index contributed by atoms with van der Waals surface area (Å²) < 4.78 is 23.5. The largest absolute Gasteiger partial charge is 0.454 e. The van der Waals surface area contributed by atoms with Gasteiger partial charge < -0.3 is 23.8 Å². The van der Waals surface area contributed by atoms with E-state index in [1.54, 1.807) is 10.4 Å². The number of carbonyl (C=O) groups is 1. The average Bonchev–Trinajstić information content (AvgIpc) is 3.45. The molecule has 3 aromatic rings. The quantitative estimate of drug-likeness (QED) is 0.618. The lowest BCUT2D eigenvalue weighted by Gasteiger charge is -2.26. The number of thiazole rings is 1. The Morgan fingerprint density at radius 2 is 2.07 bits per heavy atom. The topological polar surface area (TPSA) is 70.1 Å². The molecule has 0 saturated carbocycles. The molecule has 1 aromatic heterocycles. The van der Waals surface area contributed by atoms with Crippen molar-refractivity contribution >= 4 is 27.5 Å². The molecule has 2 aliphatic rings. The van der Waals surface area contributed by atoms with E-state index in [4.69, 9.17) is 18.9 Å². The monoisotopic (exact) mass is 426 g/mol. The average molecular weight is 426 g/mol. The van der Waals surface area contributed by atoms with Crippen molar-refractivity contribution in [3.05, 3.63) is 53.0 Å². The summed E-state index contributed by atoms with van der Waals surface area (Å²) in [6, 6.07) is 11.4. The third-order valence-electron chi connectivity index (χ3n) is 5.17. The predicted molar refractivity (Wildman–Crippen MR) is 112 cm³/mol. The molecule has 30 heavy (non-hydrogen) atoms. The Balaban J connectivity index is 1.41. The molecule has 2 aliphatic heterocycles. The molecule has 1 saturated heterocycles. The Kier molecular flexibility index (Phi) is 4.85. The maximum absolute atomic E-state index is 13.5. The highest BCUT2D eigenvalue weighted by molar-refractivity contribution is 7.16. The number of nitrogens with zero attached hydrogens (tertiary/aromatic N) is 2. The van der Waals surface area contributed by atoms with Gasteiger partial charge in [-0.3, -0.25) is 4.79 Å². The second-order valence-corrected chi connectivity index (χ2v) is 8.75. The van der Waals surface area contributed by atoms with Gasteiger partial charge in [0.1, 0.15) is 6.10 Å². The first-order valence-corrected chi connectivity index (χ1v) is 10.7. The van der Waals surface area contributed by atoms with E-state index in [9.17, 15) is 4.79 Å². The van der Waals surface area contributed by atoms with Crippen LogP contribution in [0.1, 0.15) is 29.8 Å². The maximum Gasteiger partial charge on any atom is 0.254 e. The van der Waals surface area contributed by atoms with Crippen LogP contribution >= 0.6 is 11.3 Å². The molecule has 7 nitrogen and oxygen atoms in total. The Morgan fingerprint density at radius 1 is 1.20 bits per heavy atom. The summed E-state index contributed by atoms with van der Waals surface area (Å²) in [5, 5.41) is 0. The van der Waals surface area contributed by atoms with Gasteiger partial charge in [0, 0.05) is 18.7 Å². The van der Waals surface area contributed by atoms with E-state index < -0.39 is 5.79 Å². The van der Waals surface area contributed by atoms with E-state index in [1.165, 1.54) is 11.3 Å². The number of ether oxygens (including phenoxy) is 4. The highest BCUT2D eigenvalue weighted by Crippen LogP contribution is 2.33. The highest BCUT2D eigenvalue weighted by Gasteiger charge is 2.34. The first-order chi connectivity index (χ1) is 14.5. The molecule has 0 spiro atoms. The zero-order valence-corrected chi connectivity index (χ0v) is 17.6. The molecule has 5 rings (SSSR count). The minimum Gasteiger partial charge on any atom is -0.454 e. The molecule has 1 amide bonds. The number of aromatic nitrogens is 1. The van der Waals surface area contributed by atoms with Gasteiger partial charge in [0.15, 0.2) is 17.3 Å². The van der Waals surface area contributed by atoms with Crippen LogP contribution in [0.3, 0.4) is 0 Å². The Morgan fingerprint density at radius 3 is 2.90 bits per heavy atom. The summed E-state index contributed by atoms with van der Waals surface area (Å²) in [5.41, 5.74) is 4.28. The van der Waals surface area contributed by atoms with E-state index in [0.29, 0.717) is 31.0 Å². The number of amides is 1. The van der Waals surface area contributed by atoms with E-state index >= 15 is 0 Å². The fourth-order valence-electron chi connectivity index (χ4n) is 3.75. The minimum atomic E-state index is -0.639. The smallest absolute Gasteiger partial charge is 0.254 e. The number of rotatable bonds is 5. The van der Waals surface area contributed by atoms with Crippen LogP contribution in [0, 0.1) is 0 Å². The summed E-state index contributed by atoms with van der Waals surface area (Å²) in [6.07, 6.45) is -0.190. The van der Waals surface area contributed by atoms with Crippen LogP contribution < -0.4 is 9.47 Å². The third kappa shape index (κ3) is 3.86. The van der Waals surface area contributed by atoms with Gasteiger partial charge in [-0.25, -0.2) is 4.98 Å². The van der Waals surface area contributed by atoms with Crippen molar-refractivity contribution in [3.8, 4) is 11.5 Å². The number of carbonyl (C=O) groups excluding carboxylic acids is 1. The van der Waals surface area contributed by atoms with Crippen LogP contribution in [-0.2, 0) is 16.0 Å². The molecule has 0 N–H and O–H groups in total. The Bertz CT molecular complexity index is 1100. The summed E-state index contributed by atoms with van der Waals surface area (Å²) in [5.74, 6) is 0.727. The summed E-state index contributed by atoms with van der Waals surface area (Å²) in [7, 11) is 0. The number of fused-ring (bicyclic) bond motifs is 2. The maximum atomic E-state index is 13.5. The van der Waals surface area contributed by atoms with Gasteiger partial charge in [0.2, 0.25) is 6.79 Å². The van der Waals surface area contributed by atoms with E-state index in [2.05, 4.69) is 4.98 Å². The van der Waals surface area contributed by atoms with Crippen molar-refractivity contribution in [3.63, 3.8) is 0 Å². The van der Waals surface area contributed by atoms with Crippen LogP contribution in [0.4, 0.5) is 0 Å². The molecule has 156 valence electrons. The van der Waals surface area contributed by atoms with Crippen LogP contribution in [0.25, 0.3) is 10.2 Å². The van der Waals surface area contributed by atoms with Crippen LogP contribution in [0.15, 0.2) is 41.9 Å². The molecule has 0 aliphatic carbocycles. The van der Waals surface area contributed by atoms with Gasteiger partial charge in [-0.15, -0.1) is 11.3 Å². The van der Waals surface area contributed by atoms with Crippen molar-refractivity contribution in [2.24, 2.45) is 0 Å². The molecule has 2 aromatic carbocycles. The Hall–Kier alpha value is -2.68. The Labute approximate surface area is 178 Å². The molecule has 1 fully saturated rings. The lowest BCUT2D eigenvalue weighted by atomic mass is 10.1. The highest BCUT2D eigenvalue weighted by atomic mass is 32.1. The summed E-state index contributed by atoms with van der Waals surface area (Å²) >= 11 is 1.52. The summed E-state index contributed by atoms with van der Waals surface area (Å²) in [6.45, 7) is 5.29. The first kappa shape index (κ1) is 19.3. The lowest BCUT2D eigenvalue weighted by Crippen LogP contribution is -2.38. The van der Waals surface area contributed by atoms with Gasteiger partial charge in [-0.1, -0.05) is 6.07 Å². The standard InChI is InChI=1S/C22H22N2O5S/c1-22(2)28-11-16(29-22)10-24(9-14-3-6-18-19(7-14)27-13-26-18)21(25)15-4-5-17-20(8-15)30-12-23-17/h3-8,12,16H,9-11,13H2,1-2H3. The lowest BCUT2D eigenvalue weighted by molar-refractivity contribution is -0.139. The van der Waals surface area contributed by atoms with Crippen LogP contribution in [-0.4, -0.2) is 47.6 Å². The van der Waals surface area contributed by atoms with E-state index in [0.717, 1.165) is 21.5 Å². The molecule has 0 radical (unpaired) electrons. The van der Waals surface area contributed by atoms with Gasteiger partial charge in [0.25, 0.3) is 5.91 Å². The van der Waals surface area contributed by atoms with Gasteiger partial charge in [0.05, 0.1) is 22.3 Å². The van der Waals surface area contributed by atoms with Crippen molar-refractivity contribution in [1.29, 1.82) is 0 Å². The third-order valence-corrected chi connectivity index (χ3v) is 5.96. The molecular weight excluding hydrogens is 404 g/mol.